The molecule has 1 N–H and O–H groups in total. The number of thioether (sulfide) groups is 1. The van der Waals surface area contributed by atoms with Gasteiger partial charge in [-0.2, -0.15) is 0 Å². The van der Waals surface area contributed by atoms with Crippen molar-refractivity contribution in [2.75, 3.05) is 17.3 Å². The van der Waals surface area contributed by atoms with Crippen molar-refractivity contribution in [2.45, 2.75) is 24.7 Å². The predicted octanol–water partition coefficient (Wildman–Crippen LogP) is 4.10. The Bertz CT molecular complexity index is 1280. The highest BCUT2D eigenvalue weighted by Crippen LogP contribution is 2.22. The monoisotopic (exact) mass is 459 g/mol. The van der Waals surface area contributed by atoms with E-state index in [4.69, 9.17) is 0 Å². The Morgan fingerprint density at radius 1 is 0.939 bits per heavy atom. The first-order chi connectivity index (χ1) is 16.2. The average Bonchev–Trinajstić information content (AvgIpc) is 2.86. The first kappa shape index (κ1) is 22.8. The number of carbonyl (C=O) groups is 1. The highest BCUT2D eigenvalue weighted by molar-refractivity contribution is 7.99. The molecule has 1 heterocycles. The second-order valence-electron chi connectivity index (χ2n) is 7.54. The van der Waals surface area contributed by atoms with Gasteiger partial charge in [-0.05, 0) is 36.2 Å². The molecule has 0 saturated heterocycles. The number of amides is 1. The maximum Gasteiger partial charge on any atom is 0.262 e. The number of para-hydroxylation sites is 2. The molecule has 4 aromatic rings. The SMILES string of the molecule is O=C(CSc1nc2ccccc2c(=O)n1CCCO)N(Cc1ccccc1)c1ccccc1. The molecule has 0 bridgehead atoms. The van der Waals surface area contributed by atoms with Gasteiger partial charge in [0.2, 0.25) is 5.91 Å². The number of anilines is 1. The number of carbonyl (C=O) groups excluding carboxylic acids is 1. The van der Waals surface area contributed by atoms with Crippen molar-refractivity contribution in [3.63, 3.8) is 0 Å². The molecule has 0 saturated carbocycles. The molecule has 0 fully saturated rings. The van der Waals surface area contributed by atoms with Crippen molar-refractivity contribution in [3.8, 4) is 0 Å². The molecule has 168 valence electrons. The van der Waals surface area contributed by atoms with Crippen LogP contribution in [0, 0.1) is 0 Å². The van der Waals surface area contributed by atoms with Gasteiger partial charge in [0, 0.05) is 18.8 Å². The van der Waals surface area contributed by atoms with Gasteiger partial charge in [-0.1, -0.05) is 72.4 Å². The molecule has 1 aromatic heterocycles. The Labute approximate surface area is 196 Å². The van der Waals surface area contributed by atoms with Crippen molar-refractivity contribution in [1.29, 1.82) is 0 Å². The molecular weight excluding hydrogens is 434 g/mol. The summed E-state index contributed by atoms with van der Waals surface area (Å²) in [6.07, 6.45) is 0.436. The predicted molar refractivity (Wildman–Crippen MR) is 133 cm³/mol. The molecule has 7 heteroatoms. The van der Waals surface area contributed by atoms with E-state index in [1.54, 1.807) is 27.7 Å². The zero-order valence-electron chi connectivity index (χ0n) is 18.1. The number of benzene rings is 3. The molecule has 0 aliphatic heterocycles. The minimum atomic E-state index is -0.159. The third-order valence-electron chi connectivity index (χ3n) is 5.24. The van der Waals surface area contributed by atoms with Gasteiger partial charge in [0.25, 0.3) is 5.56 Å². The standard InChI is InChI=1S/C26H25N3O3S/c30-17-9-16-28-25(32)22-14-7-8-15-23(22)27-26(28)33-19-24(31)29(21-12-5-2-6-13-21)18-20-10-3-1-4-11-20/h1-8,10-15,30H,9,16-19H2. The summed E-state index contributed by atoms with van der Waals surface area (Å²) in [4.78, 5) is 32.8. The van der Waals surface area contributed by atoms with E-state index in [9.17, 15) is 14.7 Å². The Morgan fingerprint density at radius 2 is 1.61 bits per heavy atom. The molecule has 33 heavy (non-hydrogen) atoms. The molecule has 0 unspecified atom stereocenters. The Morgan fingerprint density at radius 3 is 2.33 bits per heavy atom. The number of fused-ring (bicyclic) bond motifs is 1. The topological polar surface area (TPSA) is 75.4 Å². The van der Waals surface area contributed by atoms with E-state index in [2.05, 4.69) is 4.98 Å². The van der Waals surface area contributed by atoms with Crippen LogP contribution in [0.1, 0.15) is 12.0 Å². The number of hydrogen-bond donors (Lipinski definition) is 1. The van der Waals surface area contributed by atoms with E-state index in [0.717, 1.165) is 11.3 Å². The van der Waals surface area contributed by atoms with Gasteiger partial charge in [-0.3, -0.25) is 14.2 Å². The van der Waals surface area contributed by atoms with Gasteiger partial charge >= 0.3 is 0 Å². The van der Waals surface area contributed by atoms with Gasteiger partial charge < -0.3 is 10.0 Å². The number of aliphatic hydroxyl groups excluding tert-OH is 1. The lowest BCUT2D eigenvalue weighted by Gasteiger charge is -2.23. The minimum Gasteiger partial charge on any atom is -0.396 e. The normalized spacial score (nSPS) is 10.9. The number of aliphatic hydroxyl groups is 1. The summed E-state index contributed by atoms with van der Waals surface area (Å²) in [6.45, 7) is 0.768. The van der Waals surface area contributed by atoms with Crippen molar-refractivity contribution >= 4 is 34.3 Å². The molecule has 0 atom stereocenters. The number of nitrogens with zero attached hydrogens (tertiary/aromatic N) is 3. The minimum absolute atomic E-state index is 0.0266. The van der Waals surface area contributed by atoms with Crippen molar-refractivity contribution in [1.82, 2.24) is 9.55 Å². The molecule has 0 spiro atoms. The first-order valence-electron chi connectivity index (χ1n) is 10.8. The summed E-state index contributed by atoms with van der Waals surface area (Å²) in [5.41, 5.74) is 2.29. The zero-order chi connectivity index (χ0) is 23.0. The van der Waals surface area contributed by atoms with E-state index in [0.29, 0.717) is 35.6 Å². The van der Waals surface area contributed by atoms with Crippen LogP contribution in [0.2, 0.25) is 0 Å². The van der Waals surface area contributed by atoms with Gasteiger partial charge in [0.15, 0.2) is 5.16 Å². The van der Waals surface area contributed by atoms with E-state index < -0.39 is 0 Å². The van der Waals surface area contributed by atoms with E-state index >= 15 is 0 Å². The summed E-state index contributed by atoms with van der Waals surface area (Å²) in [6, 6.07) is 26.6. The lowest BCUT2D eigenvalue weighted by atomic mass is 10.2. The van der Waals surface area contributed by atoms with Gasteiger partial charge in [-0.15, -0.1) is 0 Å². The Kier molecular flexibility index (Phi) is 7.55. The summed E-state index contributed by atoms with van der Waals surface area (Å²) in [7, 11) is 0. The maximum absolute atomic E-state index is 13.3. The average molecular weight is 460 g/mol. The third-order valence-corrected chi connectivity index (χ3v) is 6.20. The smallest absolute Gasteiger partial charge is 0.262 e. The molecule has 4 rings (SSSR count). The highest BCUT2D eigenvalue weighted by atomic mass is 32.2. The van der Waals surface area contributed by atoms with Crippen LogP contribution in [0.4, 0.5) is 5.69 Å². The van der Waals surface area contributed by atoms with Gasteiger partial charge in [0.1, 0.15) is 0 Å². The molecule has 1 amide bonds. The van der Waals surface area contributed by atoms with Crippen LogP contribution in [-0.4, -0.2) is 32.9 Å². The highest BCUT2D eigenvalue weighted by Gasteiger charge is 2.19. The van der Waals surface area contributed by atoms with Gasteiger partial charge in [-0.25, -0.2) is 4.98 Å². The third kappa shape index (κ3) is 5.50. The summed E-state index contributed by atoms with van der Waals surface area (Å²) in [5.74, 6) is 0.0530. The fourth-order valence-electron chi connectivity index (χ4n) is 3.59. The molecule has 0 aliphatic carbocycles. The summed E-state index contributed by atoms with van der Waals surface area (Å²) >= 11 is 1.25. The van der Waals surface area contributed by atoms with Crippen LogP contribution < -0.4 is 10.5 Å². The molecule has 0 aliphatic rings. The van der Waals surface area contributed by atoms with Crippen LogP contribution in [0.5, 0.6) is 0 Å². The summed E-state index contributed by atoms with van der Waals surface area (Å²) < 4.78 is 1.56. The lowest BCUT2D eigenvalue weighted by molar-refractivity contribution is -0.116. The van der Waals surface area contributed by atoms with E-state index in [-0.39, 0.29) is 23.8 Å². The number of aromatic nitrogens is 2. The maximum atomic E-state index is 13.3. The Balaban J connectivity index is 1.61. The second-order valence-corrected chi connectivity index (χ2v) is 8.48. The Hall–Kier alpha value is -3.42. The second kappa shape index (κ2) is 10.9. The molecular formula is C26H25N3O3S. The largest absolute Gasteiger partial charge is 0.396 e. The van der Waals surface area contributed by atoms with Gasteiger partial charge in [0.05, 0.1) is 23.2 Å². The number of rotatable bonds is 9. The quantitative estimate of drug-likeness (QED) is 0.301. The molecule has 6 nitrogen and oxygen atoms in total. The summed E-state index contributed by atoms with van der Waals surface area (Å²) in [5, 5.41) is 10.3. The van der Waals surface area contributed by atoms with Crippen LogP contribution in [0.15, 0.2) is 94.9 Å². The van der Waals surface area contributed by atoms with Crippen molar-refractivity contribution < 1.29 is 9.90 Å². The van der Waals surface area contributed by atoms with E-state index in [1.165, 1.54) is 11.8 Å². The molecule has 3 aromatic carbocycles. The van der Waals surface area contributed by atoms with Crippen LogP contribution in [-0.2, 0) is 17.9 Å². The number of hydrogen-bond acceptors (Lipinski definition) is 5. The molecule has 0 radical (unpaired) electrons. The van der Waals surface area contributed by atoms with Crippen LogP contribution in [0.3, 0.4) is 0 Å². The zero-order valence-corrected chi connectivity index (χ0v) is 18.9. The fraction of sp³-hybridized carbons (Fsp3) is 0.192. The fourth-order valence-corrected chi connectivity index (χ4v) is 4.49. The lowest BCUT2D eigenvalue weighted by Crippen LogP contribution is -2.32. The van der Waals surface area contributed by atoms with E-state index in [1.807, 2.05) is 66.7 Å². The van der Waals surface area contributed by atoms with Crippen molar-refractivity contribution in [3.05, 3.63) is 101 Å². The van der Waals surface area contributed by atoms with Crippen LogP contribution in [0.25, 0.3) is 10.9 Å². The van der Waals surface area contributed by atoms with Crippen molar-refractivity contribution in [2.24, 2.45) is 0 Å². The van der Waals surface area contributed by atoms with Crippen LogP contribution >= 0.6 is 11.8 Å². The first-order valence-corrected chi connectivity index (χ1v) is 11.8.